The highest BCUT2D eigenvalue weighted by Gasteiger charge is 2.31. The highest BCUT2D eigenvalue weighted by molar-refractivity contribution is 7.90. The van der Waals surface area contributed by atoms with Crippen LogP contribution in [0.5, 0.6) is 0 Å². The first-order valence-electron chi connectivity index (χ1n) is 10.1. The molecule has 0 spiro atoms. The summed E-state index contributed by atoms with van der Waals surface area (Å²) in [6.07, 6.45) is -1.05. The Morgan fingerprint density at radius 1 is 1.06 bits per heavy atom. The number of benzene rings is 1. The van der Waals surface area contributed by atoms with E-state index in [9.17, 15) is 21.6 Å². The monoisotopic (exact) mass is 460 g/mol. The van der Waals surface area contributed by atoms with E-state index in [2.05, 4.69) is 20.2 Å². The average molecular weight is 461 g/mol. The van der Waals surface area contributed by atoms with Crippen LogP contribution in [0.4, 0.5) is 19.2 Å². The van der Waals surface area contributed by atoms with Crippen LogP contribution in [0.1, 0.15) is 52.0 Å². The Balaban J connectivity index is 1.50. The number of alkyl halides is 3. The van der Waals surface area contributed by atoms with Gasteiger partial charge >= 0.3 is 12.2 Å². The fourth-order valence-electron chi connectivity index (χ4n) is 3.34. The molecule has 7 nitrogen and oxygen atoms in total. The standard InChI is InChI=1S/C20H27F3N4O3S/c1-19(2,3)31(28,29)24-12-13-4-10-16(11-5-13)25-18-26-17(27-30-18)14-6-8-15(9-7-14)20(21,22)23/h6-9,13,16,24H,4-5,10-12H2,1-3H3,(H,25,26,27)/t13-,16-. The molecule has 1 fully saturated rings. The van der Waals surface area contributed by atoms with E-state index in [1.807, 2.05) is 0 Å². The second kappa shape index (κ2) is 8.78. The topological polar surface area (TPSA) is 97.1 Å². The van der Waals surface area contributed by atoms with E-state index in [4.69, 9.17) is 4.52 Å². The number of hydrogen-bond donors (Lipinski definition) is 2. The number of nitrogens with one attached hydrogen (secondary N) is 2. The van der Waals surface area contributed by atoms with Crippen molar-refractivity contribution in [2.45, 2.75) is 63.4 Å². The smallest absolute Gasteiger partial charge is 0.335 e. The summed E-state index contributed by atoms with van der Waals surface area (Å²) in [6, 6.07) is 4.90. The zero-order valence-corrected chi connectivity index (χ0v) is 18.5. The molecule has 0 radical (unpaired) electrons. The van der Waals surface area contributed by atoms with Gasteiger partial charge in [0.1, 0.15) is 0 Å². The quantitative estimate of drug-likeness (QED) is 0.661. The third-order valence-corrected chi connectivity index (χ3v) is 7.60. The molecule has 0 atom stereocenters. The van der Waals surface area contributed by atoms with Crippen LogP contribution in [0, 0.1) is 5.92 Å². The lowest BCUT2D eigenvalue weighted by Gasteiger charge is -2.29. The largest absolute Gasteiger partial charge is 0.416 e. The second-order valence-electron chi connectivity index (χ2n) is 8.82. The van der Waals surface area contributed by atoms with E-state index >= 15 is 0 Å². The fourth-order valence-corrected chi connectivity index (χ4v) is 4.23. The molecule has 2 aromatic rings. The fraction of sp³-hybridized carbons (Fsp3) is 0.600. The molecule has 3 rings (SSSR count). The van der Waals surface area contributed by atoms with E-state index in [0.29, 0.717) is 12.1 Å². The lowest BCUT2D eigenvalue weighted by molar-refractivity contribution is -0.137. The van der Waals surface area contributed by atoms with Gasteiger partial charge in [-0.3, -0.25) is 0 Å². The van der Waals surface area contributed by atoms with Crippen LogP contribution in [0.15, 0.2) is 28.8 Å². The minimum atomic E-state index is -4.40. The zero-order chi connectivity index (χ0) is 22.9. The van der Waals surface area contributed by atoms with Crippen molar-refractivity contribution in [1.82, 2.24) is 14.9 Å². The molecule has 2 N–H and O–H groups in total. The lowest BCUT2D eigenvalue weighted by Crippen LogP contribution is -2.42. The third-order valence-electron chi connectivity index (χ3n) is 5.44. The molecular formula is C20H27F3N4O3S. The van der Waals surface area contributed by atoms with Crippen molar-refractivity contribution in [3.63, 3.8) is 0 Å². The Bertz CT molecular complexity index is 974. The number of halogens is 3. The predicted molar refractivity (Wildman–Crippen MR) is 111 cm³/mol. The number of aromatic nitrogens is 2. The molecule has 0 unspecified atom stereocenters. The second-order valence-corrected chi connectivity index (χ2v) is 11.3. The maximum Gasteiger partial charge on any atom is 0.416 e. The molecule has 1 aliphatic carbocycles. The molecule has 1 aromatic heterocycles. The van der Waals surface area contributed by atoms with E-state index in [1.165, 1.54) is 12.1 Å². The van der Waals surface area contributed by atoms with Crippen molar-refractivity contribution < 1.29 is 26.1 Å². The number of hydrogen-bond acceptors (Lipinski definition) is 6. The van der Waals surface area contributed by atoms with Gasteiger partial charge in [0.25, 0.3) is 0 Å². The minimum absolute atomic E-state index is 0.108. The van der Waals surface area contributed by atoms with Gasteiger partial charge in [-0.1, -0.05) is 17.3 Å². The summed E-state index contributed by atoms with van der Waals surface area (Å²) < 4.78 is 69.5. The Labute approximate surface area is 179 Å². The van der Waals surface area contributed by atoms with Crippen molar-refractivity contribution in [3.05, 3.63) is 29.8 Å². The Morgan fingerprint density at radius 3 is 2.23 bits per heavy atom. The van der Waals surface area contributed by atoms with Gasteiger partial charge in [0, 0.05) is 18.2 Å². The van der Waals surface area contributed by atoms with Crippen LogP contribution >= 0.6 is 0 Å². The van der Waals surface area contributed by atoms with Crippen LogP contribution in [0.2, 0.25) is 0 Å². The summed E-state index contributed by atoms with van der Waals surface area (Å²) in [7, 11) is -3.36. The highest BCUT2D eigenvalue weighted by Crippen LogP contribution is 2.31. The number of rotatable bonds is 6. The first-order valence-corrected chi connectivity index (χ1v) is 11.6. The van der Waals surface area contributed by atoms with Crippen LogP contribution in [-0.2, 0) is 16.2 Å². The molecule has 1 aliphatic rings. The van der Waals surface area contributed by atoms with Crippen LogP contribution in [0.3, 0.4) is 0 Å². The maximum absolute atomic E-state index is 12.7. The van der Waals surface area contributed by atoms with Gasteiger partial charge in [0.05, 0.1) is 10.3 Å². The van der Waals surface area contributed by atoms with Crippen LogP contribution in [0.25, 0.3) is 11.4 Å². The van der Waals surface area contributed by atoms with Gasteiger partial charge in [0.15, 0.2) is 0 Å². The SMILES string of the molecule is CC(C)(C)S(=O)(=O)NC[C@H]1CC[C@H](Nc2nc(-c3ccc(C(F)(F)F)cc3)no2)CC1. The number of anilines is 1. The normalized spacial score (nSPS) is 20.6. The highest BCUT2D eigenvalue weighted by atomic mass is 32.2. The van der Waals surface area contributed by atoms with Gasteiger partial charge in [-0.05, 0) is 64.5 Å². The molecule has 1 aromatic carbocycles. The molecule has 1 heterocycles. The Hall–Kier alpha value is -2.14. The van der Waals surface area contributed by atoms with E-state index < -0.39 is 26.5 Å². The molecule has 1 saturated carbocycles. The summed E-state index contributed by atoms with van der Waals surface area (Å²) in [6.45, 7) is 5.42. The van der Waals surface area contributed by atoms with Gasteiger partial charge in [-0.25, -0.2) is 13.1 Å². The molecule has 11 heteroatoms. The summed E-state index contributed by atoms with van der Waals surface area (Å²) in [4.78, 5) is 4.22. The predicted octanol–water partition coefficient (Wildman–Crippen LogP) is 4.44. The van der Waals surface area contributed by atoms with Gasteiger partial charge in [0.2, 0.25) is 15.8 Å². The molecule has 31 heavy (non-hydrogen) atoms. The lowest BCUT2D eigenvalue weighted by atomic mass is 9.86. The maximum atomic E-state index is 12.7. The van der Waals surface area contributed by atoms with Crippen molar-refractivity contribution >= 4 is 16.0 Å². The van der Waals surface area contributed by atoms with Gasteiger partial charge in [-0.2, -0.15) is 18.2 Å². The van der Waals surface area contributed by atoms with Gasteiger partial charge in [-0.15, -0.1) is 0 Å². The molecule has 0 bridgehead atoms. The van der Waals surface area contributed by atoms with E-state index in [-0.39, 0.29) is 23.8 Å². The summed E-state index contributed by atoms with van der Waals surface area (Å²) >= 11 is 0. The van der Waals surface area contributed by atoms with Gasteiger partial charge < -0.3 is 9.84 Å². The van der Waals surface area contributed by atoms with E-state index in [1.54, 1.807) is 20.8 Å². The minimum Gasteiger partial charge on any atom is -0.335 e. The molecule has 0 aliphatic heterocycles. The molecular weight excluding hydrogens is 433 g/mol. The molecule has 0 amide bonds. The van der Waals surface area contributed by atoms with E-state index in [0.717, 1.165) is 37.8 Å². The number of sulfonamides is 1. The van der Waals surface area contributed by atoms with Crippen LogP contribution < -0.4 is 10.0 Å². The van der Waals surface area contributed by atoms with Crippen molar-refractivity contribution in [2.24, 2.45) is 5.92 Å². The average Bonchev–Trinajstić information content (AvgIpc) is 3.14. The molecule has 172 valence electrons. The first kappa shape index (κ1) is 23.5. The summed E-state index contributed by atoms with van der Waals surface area (Å²) in [5.41, 5.74) is -0.306. The third kappa shape index (κ3) is 5.97. The van der Waals surface area contributed by atoms with Crippen LogP contribution in [-0.4, -0.2) is 35.9 Å². The zero-order valence-electron chi connectivity index (χ0n) is 17.7. The summed E-state index contributed by atoms with van der Waals surface area (Å²) in [5, 5.41) is 7.00. The Kier molecular flexibility index (Phi) is 6.66. The number of nitrogens with zero attached hydrogens (tertiary/aromatic N) is 2. The van der Waals surface area contributed by atoms with Crippen molar-refractivity contribution in [3.8, 4) is 11.4 Å². The van der Waals surface area contributed by atoms with Crippen molar-refractivity contribution in [2.75, 3.05) is 11.9 Å². The Morgan fingerprint density at radius 2 is 1.68 bits per heavy atom. The first-order chi connectivity index (χ1) is 14.3. The van der Waals surface area contributed by atoms with Crippen molar-refractivity contribution in [1.29, 1.82) is 0 Å². The summed E-state index contributed by atoms with van der Waals surface area (Å²) in [5.74, 6) is 0.474. The molecule has 0 saturated heterocycles.